The Labute approximate surface area is 280 Å². The van der Waals surface area contributed by atoms with E-state index < -0.39 is 19.4 Å². The van der Waals surface area contributed by atoms with Crippen molar-refractivity contribution in [3.8, 4) is 41.1 Å². The average Bonchev–Trinajstić information content (AvgIpc) is 3.38. The van der Waals surface area contributed by atoms with Gasteiger partial charge in [-0.1, -0.05) is 24.1 Å². The first-order valence-corrected chi connectivity index (χ1v) is 17.0. The van der Waals surface area contributed by atoms with Crippen molar-refractivity contribution in [1.29, 1.82) is 0 Å². The zero-order valence-electron chi connectivity index (χ0n) is 26.5. The number of carbonyl (C=O) groups is 1. The van der Waals surface area contributed by atoms with E-state index in [9.17, 15) is 18.9 Å². The van der Waals surface area contributed by atoms with Crippen LogP contribution < -0.4 is 14.2 Å². The van der Waals surface area contributed by atoms with Crippen molar-refractivity contribution >= 4 is 41.5 Å². The van der Waals surface area contributed by atoms with E-state index in [1.54, 1.807) is 35.9 Å². The molecular weight excluding hydrogens is 655 g/mol. The summed E-state index contributed by atoms with van der Waals surface area (Å²) in [5.74, 6) is 1.15. The number of pyridine rings is 1. The number of methoxy groups -OCH3 is 1. The van der Waals surface area contributed by atoms with Gasteiger partial charge in [-0.25, -0.2) is 13.3 Å². The Hall–Kier alpha value is -5.15. The molecule has 2 aliphatic heterocycles. The van der Waals surface area contributed by atoms with Gasteiger partial charge in [-0.05, 0) is 55.5 Å². The third kappa shape index (κ3) is 5.52. The summed E-state index contributed by atoms with van der Waals surface area (Å²) in [5, 5.41) is 11.4. The molecule has 2 fully saturated rings. The maximum absolute atomic E-state index is 16.6. The predicted octanol–water partition coefficient (Wildman–Crippen LogP) is 6.51. The first-order chi connectivity index (χ1) is 23.7. The van der Waals surface area contributed by atoms with Crippen LogP contribution in [0.5, 0.6) is 17.5 Å². The SMILES string of the molecule is C#Cc1c(F)ccc2cc(O)cc(-c3ncc4c(N5CC6CCC(C5)N6P(=O)(OCC)Oc5ccccc5C=O)nc(OC)nc4c3F)c12. The number of aromatic hydroxyl groups is 1. The third-order valence-corrected chi connectivity index (χ3v) is 11.1. The van der Waals surface area contributed by atoms with Crippen molar-refractivity contribution in [2.24, 2.45) is 0 Å². The molecule has 49 heavy (non-hydrogen) atoms. The molecule has 2 aromatic heterocycles. The number of benzene rings is 3. The summed E-state index contributed by atoms with van der Waals surface area (Å²) in [6.45, 7) is 2.49. The number of carbonyl (C=O) groups excluding carboxylic acids is 1. The van der Waals surface area contributed by atoms with Crippen molar-refractivity contribution in [1.82, 2.24) is 19.6 Å². The predicted molar refractivity (Wildman–Crippen MR) is 179 cm³/mol. The molecule has 7 rings (SSSR count). The molecule has 11 nitrogen and oxygen atoms in total. The minimum Gasteiger partial charge on any atom is -0.508 e. The highest BCUT2D eigenvalue weighted by atomic mass is 31.2. The van der Waals surface area contributed by atoms with Crippen molar-refractivity contribution in [3.63, 3.8) is 0 Å². The summed E-state index contributed by atoms with van der Waals surface area (Å²) in [5.41, 5.74) is -0.0502. The van der Waals surface area contributed by atoms with Gasteiger partial charge >= 0.3 is 13.8 Å². The second kappa shape index (κ2) is 12.7. The highest BCUT2D eigenvalue weighted by Crippen LogP contribution is 2.59. The second-order valence-corrected chi connectivity index (χ2v) is 13.5. The molecule has 4 heterocycles. The summed E-state index contributed by atoms with van der Waals surface area (Å²) in [6.07, 6.45) is 9.05. The smallest absolute Gasteiger partial charge is 0.462 e. The van der Waals surface area contributed by atoms with Crippen LogP contribution >= 0.6 is 7.75 Å². The van der Waals surface area contributed by atoms with Crippen molar-refractivity contribution in [3.05, 3.63) is 77.5 Å². The van der Waals surface area contributed by atoms with Gasteiger partial charge in [-0.3, -0.25) is 14.3 Å². The zero-order chi connectivity index (χ0) is 34.4. The molecule has 3 aromatic carbocycles. The van der Waals surface area contributed by atoms with Gasteiger partial charge in [-0.2, -0.15) is 14.6 Å². The lowest BCUT2D eigenvalue weighted by Crippen LogP contribution is -2.53. The number of phenols is 1. The Kier molecular flexibility index (Phi) is 8.40. The summed E-state index contributed by atoms with van der Waals surface area (Å²) in [7, 11) is -2.55. The molecule has 14 heteroatoms. The number of phenolic OH excluding ortho intramolecular Hbond substituents is 1. The number of rotatable bonds is 9. The second-order valence-electron chi connectivity index (χ2n) is 11.7. The molecule has 0 amide bonds. The Bertz CT molecular complexity index is 2220. The maximum atomic E-state index is 16.6. The lowest BCUT2D eigenvalue weighted by atomic mass is 9.96. The average molecular weight is 686 g/mol. The Morgan fingerprint density at radius 1 is 1.12 bits per heavy atom. The number of aldehydes is 1. The highest BCUT2D eigenvalue weighted by Gasteiger charge is 2.52. The number of halogens is 2. The van der Waals surface area contributed by atoms with Crippen LogP contribution in [0.4, 0.5) is 14.6 Å². The van der Waals surface area contributed by atoms with E-state index in [1.165, 1.54) is 37.6 Å². The fraction of sp³-hybridized carbons (Fsp3) is 0.257. The zero-order valence-corrected chi connectivity index (χ0v) is 27.4. The van der Waals surface area contributed by atoms with Crippen molar-refractivity contribution in [2.45, 2.75) is 31.8 Å². The van der Waals surface area contributed by atoms with Crippen LogP contribution in [-0.4, -0.2) is 69.9 Å². The molecule has 5 aromatic rings. The van der Waals surface area contributed by atoms with E-state index in [-0.39, 0.29) is 74.9 Å². The monoisotopic (exact) mass is 685 g/mol. The molecule has 3 atom stereocenters. The number of para-hydroxylation sites is 1. The van der Waals surface area contributed by atoms with Gasteiger partial charge in [0.25, 0.3) is 0 Å². The summed E-state index contributed by atoms with van der Waals surface area (Å²) in [4.78, 5) is 26.9. The van der Waals surface area contributed by atoms with Crippen LogP contribution in [0, 0.1) is 24.0 Å². The van der Waals surface area contributed by atoms with Gasteiger partial charge < -0.3 is 19.3 Å². The normalized spacial score (nSPS) is 18.7. The Balaban J connectivity index is 1.29. The molecule has 250 valence electrons. The first kappa shape index (κ1) is 32.4. The maximum Gasteiger partial charge on any atom is 0.462 e. The van der Waals surface area contributed by atoms with E-state index >= 15 is 4.39 Å². The van der Waals surface area contributed by atoms with Crippen LogP contribution in [0.1, 0.15) is 35.7 Å². The molecular formula is C35H30F2N5O6P. The molecule has 2 saturated heterocycles. The standard InChI is InChI=1S/C35H30F2N5O6P/c1-4-25-28(36)13-10-20-14-24(44)15-26(30(20)25)32-31(37)33-27(16-38-32)34(40-35(39-33)46-3)41-17-22-11-12-23(18-41)42(22)49(45,47-5-2)48-29-9-7-6-8-21(29)19-43/h1,6-10,13-16,19,22-23,44H,5,11-12,17-18H2,2-3H3. The fourth-order valence-corrected chi connectivity index (χ4v) is 9.04. The van der Waals surface area contributed by atoms with E-state index in [0.29, 0.717) is 43.4 Å². The molecule has 0 spiro atoms. The highest BCUT2D eigenvalue weighted by molar-refractivity contribution is 7.51. The number of aromatic nitrogens is 3. The van der Waals surface area contributed by atoms with Crippen LogP contribution in [-0.2, 0) is 9.09 Å². The number of hydrogen-bond donors (Lipinski definition) is 1. The van der Waals surface area contributed by atoms with Gasteiger partial charge in [0.15, 0.2) is 12.1 Å². The molecule has 0 saturated carbocycles. The first-order valence-electron chi connectivity index (χ1n) is 15.5. The minimum atomic E-state index is -3.91. The number of piperazine rings is 1. The number of ether oxygens (including phenoxy) is 1. The third-order valence-electron chi connectivity index (χ3n) is 8.86. The number of fused-ring (bicyclic) bond motifs is 4. The van der Waals surface area contributed by atoms with Crippen LogP contribution in [0.25, 0.3) is 32.9 Å². The molecule has 0 radical (unpaired) electrons. The van der Waals surface area contributed by atoms with Crippen molar-refractivity contribution in [2.75, 3.05) is 31.7 Å². The quantitative estimate of drug-likeness (QED) is 0.104. The van der Waals surface area contributed by atoms with E-state index in [1.807, 2.05) is 4.90 Å². The van der Waals surface area contributed by atoms with Gasteiger partial charge in [0.1, 0.15) is 34.3 Å². The van der Waals surface area contributed by atoms with Crippen LogP contribution in [0.3, 0.4) is 0 Å². The van der Waals surface area contributed by atoms with Crippen molar-refractivity contribution < 1.29 is 37.0 Å². The van der Waals surface area contributed by atoms with E-state index in [4.69, 9.17) is 20.2 Å². The number of hydrogen-bond acceptors (Lipinski definition) is 10. The van der Waals surface area contributed by atoms with E-state index in [2.05, 4.69) is 20.9 Å². The number of terminal acetylenes is 1. The molecule has 2 bridgehead atoms. The van der Waals surface area contributed by atoms with E-state index in [0.717, 1.165) is 0 Å². The number of anilines is 1. The van der Waals surface area contributed by atoms with Crippen LogP contribution in [0.15, 0.2) is 54.7 Å². The largest absolute Gasteiger partial charge is 0.508 e. The Morgan fingerprint density at radius 2 is 1.88 bits per heavy atom. The molecule has 1 N–H and O–H groups in total. The van der Waals surface area contributed by atoms with Crippen LogP contribution in [0.2, 0.25) is 0 Å². The van der Waals surface area contributed by atoms with Gasteiger partial charge in [0.05, 0.1) is 30.2 Å². The number of nitrogens with zero attached hydrogens (tertiary/aromatic N) is 5. The molecule has 2 aliphatic rings. The fourth-order valence-electron chi connectivity index (χ4n) is 6.84. The summed E-state index contributed by atoms with van der Waals surface area (Å²) in [6, 6.07) is 11.1. The molecule has 0 aliphatic carbocycles. The van der Waals surface area contributed by atoms with Gasteiger partial charge in [-0.15, -0.1) is 6.42 Å². The lowest BCUT2D eigenvalue weighted by Gasteiger charge is -2.43. The Morgan fingerprint density at radius 3 is 2.57 bits per heavy atom. The van der Waals surface area contributed by atoms with Gasteiger partial charge in [0, 0.05) is 42.3 Å². The summed E-state index contributed by atoms with van der Waals surface area (Å²) < 4.78 is 64.7. The molecule has 3 unspecified atom stereocenters. The topological polar surface area (TPSA) is 127 Å². The lowest BCUT2D eigenvalue weighted by molar-refractivity contribution is 0.112. The van der Waals surface area contributed by atoms with Gasteiger partial charge in [0.2, 0.25) is 0 Å². The minimum absolute atomic E-state index is 0.0916. The summed E-state index contributed by atoms with van der Waals surface area (Å²) >= 11 is 0.